The maximum absolute atomic E-state index is 14.1. The van der Waals surface area contributed by atoms with Gasteiger partial charge in [-0.2, -0.15) is 0 Å². The molecule has 0 spiro atoms. The van der Waals surface area contributed by atoms with E-state index in [-0.39, 0.29) is 5.82 Å². The van der Waals surface area contributed by atoms with Crippen LogP contribution in [0.4, 0.5) is 4.39 Å². The number of rotatable bonds is 8. The number of hydrogen-bond donors (Lipinski definition) is 1. The van der Waals surface area contributed by atoms with Crippen LogP contribution in [0.3, 0.4) is 0 Å². The Labute approximate surface area is 122 Å². The Bertz CT molecular complexity index is 406. The van der Waals surface area contributed by atoms with Gasteiger partial charge in [0.05, 0.1) is 7.11 Å². The monoisotopic (exact) mass is 281 g/mol. The van der Waals surface area contributed by atoms with Crippen LogP contribution < -0.4 is 10.1 Å². The molecule has 0 aromatic heterocycles. The quantitative estimate of drug-likeness (QED) is 0.780. The minimum atomic E-state index is -0.218. The van der Waals surface area contributed by atoms with Crippen LogP contribution in [0.5, 0.6) is 5.75 Å². The molecule has 0 fully saturated rings. The van der Waals surface area contributed by atoms with Crippen LogP contribution in [0.25, 0.3) is 0 Å². The van der Waals surface area contributed by atoms with Gasteiger partial charge in [0, 0.05) is 0 Å². The third-order valence-corrected chi connectivity index (χ3v) is 3.80. The van der Waals surface area contributed by atoms with Crippen LogP contribution in [0, 0.1) is 23.6 Å². The maximum atomic E-state index is 14.1. The molecule has 0 saturated carbocycles. The van der Waals surface area contributed by atoms with Crippen molar-refractivity contribution in [3.05, 3.63) is 29.6 Å². The van der Waals surface area contributed by atoms with Gasteiger partial charge in [0.25, 0.3) is 0 Å². The molecule has 1 aromatic rings. The summed E-state index contributed by atoms with van der Waals surface area (Å²) in [6.07, 6.45) is 0.744. The van der Waals surface area contributed by atoms with Gasteiger partial charge in [-0.05, 0) is 48.9 Å². The molecule has 20 heavy (non-hydrogen) atoms. The average Bonchev–Trinajstić information content (AvgIpc) is 2.40. The predicted molar refractivity (Wildman–Crippen MR) is 82.7 cm³/mol. The molecule has 0 amide bonds. The molecule has 1 N–H and O–H groups in total. The highest BCUT2D eigenvalue weighted by Crippen LogP contribution is 2.24. The van der Waals surface area contributed by atoms with E-state index in [1.54, 1.807) is 6.07 Å². The molecule has 0 saturated heterocycles. The maximum Gasteiger partial charge on any atom is 0.168 e. The topological polar surface area (TPSA) is 21.3 Å². The van der Waals surface area contributed by atoms with Crippen molar-refractivity contribution in [1.29, 1.82) is 0 Å². The third kappa shape index (κ3) is 5.12. The van der Waals surface area contributed by atoms with E-state index in [1.165, 1.54) is 7.11 Å². The summed E-state index contributed by atoms with van der Waals surface area (Å²) in [4.78, 5) is 0. The molecule has 0 aliphatic carbocycles. The molecule has 2 atom stereocenters. The van der Waals surface area contributed by atoms with E-state index in [2.05, 4.69) is 33.0 Å². The highest BCUT2D eigenvalue weighted by molar-refractivity contribution is 5.31. The Balaban J connectivity index is 2.55. The van der Waals surface area contributed by atoms with Crippen LogP contribution >= 0.6 is 0 Å². The van der Waals surface area contributed by atoms with Crippen LogP contribution in [-0.2, 0) is 6.42 Å². The lowest BCUT2D eigenvalue weighted by molar-refractivity contribution is 0.348. The average molecular weight is 281 g/mol. The fourth-order valence-electron chi connectivity index (χ4n) is 2.22. The Morgan fingerprint density at radius 2 is 1.80 bits per heavy atom. The van der Waals surface area contributed by atoms with Crippen molar-refractivity contribution in [2.45, 2.75) is 34.1 Å². The number of nitrogens with one attached hydrogen (secondary N) is 1. The van der Waals surface area contributed by atoms with Crippen molar-refractivity contribution in [3.8, 4) is 5.75 Å². The number of halogens is 1. The molecule has 0 aliphatic heterocycles. The van der Waals surface area contributed by atoms with E-state index in [1.807, 2.05) is 12.1 Å². The Morgan fingerprint density at radius 3 is 2.40 bits per heavy atom. The molecule has 0 heterocycles. The van der Waals surface area contributed by atoms with Gasteiger partial charge < -0.3 is 10.1 Å². The SMILES string of the molecule is COc1cccc(CC(C)C(C)CNCC(C)C)c1F. The highest BCUT2D eigenvalue weighted by atomic mass is 19.1. The third-order valence-electron chi connectivity index (χ3n) is 3.80. The second kappa shape index (κ2) is 8.25. The Kier molecular flexibility index (Phi) is 7.00. The summed E-state index contributed by atoms with van der Waals surface area (Å²) in [6, 6.07) is 5.37. The first kappa shape index (κ1) is 17.0. The van der Waals surface area contributed by atoms with Crippen LogP contribution in [0.2, 0.25) is 0 Å². The van der Waals surface area contributed by atoms with E-state index in [4.69, 9.17) is 4.74 Å². The van der Waals surface area contributed by atoms with Crippen LogP contribution in [0.1, 0.15) is 33.3 Å². The lowest BCUT2D eigenvalue weighted by Crippen LogP contribution is -2.29. The van der Waals surface area contributed by atoms with Crippen molar-refractivity contribution < 1.29 is 9.13 Å². The van der Waals surface area contributed by atoms with Gasteiger partial charge in [0.15, 0.2) is 11.6 Å². The zero-order chi connectivity index (χ0) is 15.1. The zero-order valence-corrected chi connectivity index (χ0v) is 13.4. The summed E-state index contributed by atoms with van der Waals surface area (Å²) in [6.45, 7) is 10.8. The first-order valence-corrected chi connectivity index (χ1v) is 7.47. The fraction of sp³-hybridized carbons (Fsp3) is 0.647. The van der Waals surface area contributed by atoms with E-state index in [0.717, 1.165) is 25.1 Å². The molecule has 0 radical (unpaired) electrons. The van der Waals surface area contributed by atoms with Crippen LogP contribution in [-0.4, -0.2) is 20.2 Å². The molecule has 3 heteroatoms. The largest absolute Gasteiger partial charge is 0.494 e. The van der Waals surface area contributed by atoms with E-state index in [0.29, 0.717) is 23.5 Å². The molecule has 1 aromatic carbocycles. The minimum Gasteiger partial charge on any atom is -0.494 e. The summed E-state index contributed by atoms with van der Waals surface area (Å²) >= 11 is 0. The summed E-state index contributed by atoms with van der Waals surface area (Å²) in [5.74, 6) is 1.72. The normalized spacial score (nSPS) is 14.3. The minimum absolute atomic E-state index is 0.218. The van der Waals surface area contributed by atoms with Gasteiger partial charge in [0.2, 0.25) is 0 Å². The smallest absolute Gasteiger partial charge is 0.168 e. The van der Waals surface area contributed by atoms with Crippen molar-refractivity contribution in [2.24, 2.45) is 17.8 Å². The second-order valence-electron chi connectivity index (χ2n) is 6.14. The van der Waals surface area contributed by atoms with E-state index < -0.39 is 0 Å². The summed E-state index contributed by atoms with van der Waals surface area (Å²) in [5.41, 5.74) is 0.743. The fourth-order valence-corrected chi connectivity index (χ4v) is 2.22. The van der Waals surface area contributed by atoms with E-state index >= 15 is 0 Å². The van der Waals surface area contributed by atoms with Gasteiger partial charge in [0.1, 0.15) is 0 Å². The van der Waals surface area contributed by atoms with Crippen molar-refractivity contribution in [1.82, 2.24) is 5.32 Å². The number of ether oxygens (including phenoxy) is 1. The first-order valence-electron chi connectivity index (χ1n) is 7.47. The number of hydrogen-bond acceptors (Lipinski definition) is 2. The predicted octanol–water partition coefficient (Wildman–Crippen LogP) is 3.89. The lowest BCUT2D eigenvalue weighted by Gasteiger charge is -2.21. The molecule has 2 nitrogen and oxygen atoms in total. The molecule has 2 unspecified atom stereocenters. The van der Waals surface area contributed by atoms with Crippen molar-refractivity contribution >= 4 is 0 Å². The standard InChI is InChI=1S/C17H28FNO/c1-12(2)10-19-11-14(4)13(3)9-15-7-6-8-16(20-5)17(15)18/h6-8,12-14,19H,9-11H2,1-5H3. The molecule has 1 rings (SSSR count). The number of benzene rings is 1. The molecule has 114 valence electrons. The molecule has 0 bridgehead atoms. The zero-order valence-electron chi connectivity index (χ0n) is 13.4. The van der Waals surface area contributed by atoms with E-state index in [9.17, 15) is 4.39 Å². The Hall–Kier alpha value is -1.09. The Morgan fingerprint density at radius 1 is 1.10 bits per heavy atom. The lowest BCUT2D eigenvalue weighted by atomic mass is 9.89. The summed E-state index contributed by atoms with van der Waals surface area (Å²) in [5, 5.41) is 3.47. The summed E-state index contributed by atoms with van der Waals surface area (Å²) in [7, 11) is 1.50. The van der Waals surface area contributed by atoms with Gasteiger partial charge in [-0.15, -0.1) is 0 Å². The summed E-state index contributed by atoms with van der Waals surface area (Å²) < 4.78 is 19.1. The second-order valence-corrected chi connectivity index (χ2v) is 6.14. The van der Waals surface area contributed by atoms with Gasteiger partial charge in [-0.25, -0.2) is 4.39 Å². The molecule has 0 aliphatic rings. The highest BCUT2D eigenvalue weighted by Gasteiger charge is 2.16. The molecular formula is C17H28FNO. The molecular weight excluding hydrogens is 253 g/mol. The van der Waals surface area contributed by atoms with Gasteiger partial charge in [-0.3, -0.25) is 0 Å². The van der Waals surface area contributed by atoms with Gasteiger partial charge in [-0.1, -0.05) is 39.8 Å². The number of methoxy groups -OCH3 is 1. The van der Waals surface area contributed by atoms with Crippen LogP contribution in [0.15, 0.2) is 18.2 Å². The first-order chi connectivity index (χ1) is 9.45. The van der Waals surface area contributed by atoms with Crippen molar-refractivity contribution in [2.75, 3.05) is 20.2 Å². The van der Waals surface area contributed by atoms with Crippen molar-refractivity contribution in [3.63, 3.8) is 0 Å². The van der Waals surface area contributed by atoms with Gasteiger partial charge >= 0.3 is 0 Å².